The molecule has 1 aromatic carbocycles. The Hall–Kier alpha value is -2.14. The van der Waals surface area contributed by atoms with Crippen LogP contribution in [0.2, 0.25) is 0 Å². The van der Waals surface area contributed by atoms with Crippen LogP contribution in [0.5, 0.6) is 5.75 Å². The lowest BCUT2D eigenvalue weighted by Crippen LogP contribution is -2.11. The van der Waals surface area contributed by atoms with Gasteiger partial charge in [0, 0.05) is 10.5 Å². The average Bonchev–Trinajstić information content (AvgIpc) is 2.81. The zero-order chi connectivity index (χ0) is 15.0. The van der Waals surface area contributed by atoms with Crippen molar-refractivity contribution in [3.63, 3.8) is 0 Å². The van der Waals surface area contributed by atoms with E-state index < -0.39 is 5.63 Å². The molecule has 0 saturated carbocycles. The van der Waals surface area contributed by atoms with Crippen LogP contribution in [-0.2, 0) is 0 Å². The lowest BCUT2D eigenvalue weighted by atomic mass is 10.1. The van der Waals surface area contributed by atoms with E-state index in [0.29, 0.717) is 11.5 Å². The van der Waals surface area contributed by atoms with Gasteiger partial charge in [-0.3, -0.25) is 4.79 Å². The van der Waals surface area contributed by atoms with Crippen LogP contribution in [0.3, 0.4) is 0 Å². The number of allylic oxidation sites excluding steroid dienone is 1. The number of halogens is 1. The van der Waals surface area contributed by atoms with Gasteiger partial charge in [-0.2, -0.15) is 0 Å². The normalized spacial score (nSPS) is 14.0. The van der Waals surface area contributed by atoms with E-state index in [4.69, 9.17) is 9.15 Å². The molecule has 0 bridgehead atoms. The highest BCUT2D eigenvalue weighted by Crippen LogP contribution is 2.25. The maximum absolute atomic E-state index is 11.8. The first kappa shape index (κ1) is 13.8. The Morgan fingerprint density at radius 3 is 2.67 bits per heavy atom. The number of hydrogen-bond donors (Lipinski definition) is 0. The number of Topliss-reactive ketones (excluding diaryl/α,β-unsaturated/α-hetero) is 1. The van der Waals surface area contributed by atoms with E-state index in [0.717, 1.165) is 15.6 Å². The van der Waals surface area contributed by atoms with Crippen LogP contribution in [0.25, 0.3) is 11.6 Å². The van der Waals surface area contributed by atoms with Crippen molar-refractivity contribution in [3.05, 3.63) is 62.1 Å². The summed E-state index contributed by atoms with van der Waals surface area (Å²) in [6, 6.07) is 9.37. The molecule has 2 heterocycles. The average molecular weight is 347 g/mol. The Labute approximate surface area is 129 Å². The third-order valence-corrected chi connectivity index (χ3v) is 3.76. The molecule has 0 fully saturated rings. The fourth-order valence-electron chi connectivity index (χ4n) is 2.15. The molecule has 3 rings (SSSR count). The summed E-state index contributed by atoms with van der Waals surface area (Å²) in [7, 11) is 0. The van der Waals surface area contributed by atoms with Gasteiger partial charge in [0.1, 0.15) is 17.1 Å². The second kappa shape index (κ2) is 5.33. The standard InChI is InChI=1S/C16H11BrO4/c1-9(10-2-4-11(17)5-3-10)6-12-7-14-15(16(19)21-12)13(18)8-20-14/h2-7H,8H2,1H3/b9-6+. The van der Waals surface area contributed by atoms with Gasteiger partial charge >= 0.3 is 5.63 Å². The second-order valence-corrected chi connectivity index (χ2v) is 5.64. The number of hydrogen-bond acceptors (Lipinski definition) is 4. The summed E-state index contributed by atoms with van der Waals surface area (Å²) in [5.41, 5.74) is 1.31. The Bertz CT molecular complexity index is 800. The molecular formula is C16H11BrO4. The molecule has 1 aromatic heterocycles. The van der Waals surface area contributed by atoms with Gasteiger partial charge < -0.3 is 9.15 Å². The van der Waals surface area contributed by atoms with Gasteiger partial charge in [0.15, 0.2) is 6.61 Å². The molecule has 21 heavy (non-hydrogen) atoms. The minimum Gasteiger partial charge on any atom is -0.484 e. The first-order valence-corrected chi connectivity index (χ1v) is 7.12. The number of benzene rings is 1. The van der Waals surface area contributed by atoms with Gasteiger partial charge in [-0.25, -0.2) is 4.79 Å². The minimum absolute atomic E-state index is 0.00782. The summed E-state index contributed by atoms with van der Waals surface area (Å²) >= 11 is 3.38. The van der Waals surface area contributed by atoms with E-state index in [9.17, 15) is 9.59 Å². The van der Waals surface area contributed by atoms with Crippen LogP contribution in [0, 0.1) is 0 Å². The van der Waals surface area contributed by atoms with Gasteiger partial charge in [-0.05, 0) is 36.3 Å². The zero-order valence-electron chi connectivity index (χ0n) is 11.2. The summed E-state index contributed by atoms with van der Waals surface area (Å²) in [6.45, 7) is 1.82. The Balaban J connectivity index is 2.00. The highest BCUT2D eigenvalue weighted by Gasteiger charge is 2.26. The van der Waals surface area contributed by atoms with Gasteiger partial charge in [-0.1, -0.05) is 28.1 Å². The van der Waals surface area contributed by atoms with Gasteiger partial charge in [-0.15, -0.1) is 0 Å². The van der Waals surface area contributed by atoms with Crippen molar-refractivity contribution < 1.29 is 13.9 Å². The Kier molecular flexibility index (Phi) is 3.51. The van der Waals surface area contributed by atoms with E-state index in [1.54, 1.807) is 12.1 Å². The van der Waals surface area contributed by atoms with E-state index in [1.165, 1.54) is 0 Å². The molecule has 5 heteroatoms. The summed E-state index contributed by atoms with van der Waals surface area (Å²) in [4.78, 5) is 23.3. The number of rotatable bonds is 2. The van der Waals surface area contributed by atoms with Crippen LogP contribution in [-0.4, -0.2) is 12.4 Å². The van der Waals surface area contributed by atoms with Crippen molar-refractivity contribution in [2.24, 2.45) is 0 Å². The monoisotopic (exact) mass is 346 g/mol. The Morgan fingerprint density at radius 1 is 1.24 bits per heavy atom. The van der Waals surface area contributed by atoms with Crippen molar-refractivity contribution in [3.8, 4) is 5.75 Å². The van der Waals surface area contributed by atoms with Gasteiger partial charge in [0.05, 0.1) is 0 Å². The summed E-state index contributed by atoms with van der Waals surface area (Å²) < 4.78 is 11.3. The van der Waals surface area contributed by atoms with Crippen molar-refractivity contribution in [2.75, 3.05) is 6.61 Å². The lowest BCUT2D eigenvalue weighted by Gasteiger charge is -2.03. The smallest absolute Gasteiger partial charge is 0.351 e. The molecule has 0 radical (unpaired) electrons. The molecule has 0 spiro atoms. The minimum atomic E-state index is -0.648. The Morgan fingerprint density at radius 2 is 1.95 bits per heavy atom. The maximum Gasteiger partial charge on any atom is 0.351 e. The third kappa shape index (κ3) is 2.69. The van der Waals surface area contributed by atoms with Gasteiger partial charge in [0.25, 0.3) is 0 Å². The molecule has 1 aliphatic heterocycles. The molecule has 0 atom stereocenters. The van der Waals surface area contributed by atoms with E-state index in [-0.39, 0.29) is 18.0 Å². The van der Waals surface area contributed by atoms with E-state index >= 15 is 0 Å². The van der Waals surface area contributed by atoms with Crippen molar-refractivity contribution >= 4 is 33.4 Å². The third-order valence-electron chi connectivity index (χ3n) is 3.23. The van der Waals surface area contributed by atoms with Crippen LogP contribution < -0.4 is 10.4 Å². The predicted molar refractivity (Wildman–Crippen MR) is 82.5 cm³/mol. The fourth-order valence-corrected chi connectivity index (χ4v) is 2.42. The van der Waals surface area contributed by atoms with Crippen LogP contribution in [0.1, 0.15) is 28.6 Å². The lowest BCUT2D eigenvalue weighted by molar-refractivity contribution is 0.0959. The molecule has 4 nitrogen and oxygen atoms in total. The van der Waals surface area contributed by atoms with Crippen molar-refractivity contribution in [1.29, 1.82) is 0 Å². The quantitative estimate of drug-likeness (QED) is 0.834. The van der Waals surface area contributed by atoms with Crippen LogP contribution >= 0.6 is 15.9 Å². The number of fused-ring (bicyclic) bond motifs is 1. The largest absolute Gasteiger partial charge is 0.484 e. The number of carbonyl (C=O) groups is 1. The predicted octanol–water partition coefficient (Wildman–Crippen LogP) is 3.54. The number of ketones is 1. The SMILES string of the molecule is C/C(=C\c1cc2c(c(=O)o1)C(=O)CO2)c1ccc(Br)cc1. The first-order chi connectivity index (χ1) is 10.0. The highest BCUT2D eigenvalue weighted by atomic mass is 79.9. The summed E-state index contributed by atoms with van der Waals surface area (Å²) in [5, 5.41) is 0. The zero-order valence-corrected chi connectivity index (χ0v) is 12.8. The summed E-state index contributed by atoms with van der Waals surface area (Å²) in [5.74, 6) is 0.332. The second-order valence-electron chi connectivity index (χ2n) is 4.72. The summed E-state index contributed by atoms with van der Waals surface area (Å²) in [6.07, 6.45) is 1.75. The molecule has 0 saturated heterocycles. The molecule has 0 aliphatic carbocycles. The molecule has 1 aliphatic rings. The molecule has 106 valence electrons. The number of carbonyl (C=O) groups excluding carboxylic acids is 1. The molecular weight excluding hydrogens is 336 g/mol. The van der Waals surface area contributed by atoms with Crippen LogP contribution in [0.15, 0.2) is 44.0 Å². The van der Waals surface area contributed by atoms with Gasteiger partial charge in [0.2, 0.25) is 5.78 Å². The highest BCUT2D eigenvalue weighted by molar-refractivity contribution is 9.10. The first-order valence-electron chi connectivity index (χ1n) is 6.33. The molecule has 0 unspecified atom stereocenters. The molecule has 2 aromatic rings. The molecule has 0 N–H and O–H groups in total. The molecule has 0 amide bonds. The van der Waals surface area contributed by atoms with Crippen molar-refractivity contribution in [2.45, 2.75) is 6.92 Å². The maximum atomic E-state index is 11.8. The fraction of sp³-hybridized carbons (Fsp3) is 0.125. The number of ether oxygens (including phenoxy) is 1. The van der Waals surface area contributed by atoms with E-state index in [2.05, 4.69) is 15.9 Å². The van der Waals surface area contributed by atoms with Crippen LogP contribution in [0.4, 0.5) is 0 Å². The topological polar surface area (TPSA) is 56.5 Å². The van der Waals surface area contributed by atoms with E-state index in [1.807, 2.05) is 31.2 Å². The van der Waals surface area contributed by atoms with Crippen molar-refractivity contribution in [1.82, 2.24) is 0 Å².